The zero-order valence-electron chi connectivity index (χ0n) is 11.5. The molecule has 0 spiro atoms. The number of amides is 2. The lowest BCUT2D eigenvalue weighted by atomic mass is 10.4. The molecule has 1 heterocycles. The molecule has 1 aromatic heterocycles. The maximum absolute atomic E-state index is 11.8. The largest absolute Gasteiger partial charge is 0.369 e. The molecule has 108 valence electrons. The lowest BCUT2D eigenvalue weighted by Gasteiger charge is -2.07. The molecule has 1 fully saturated rings. The van der Waals surface area contributed by atoms with Gasteiger partial charge in [-0.05, 0) is 19.8 Å². The third-order valence-corrected chi connectivity index (χ3v) is 2.88. The maximum atomic E-state index is 11.8. The standard InChI is InChI=1S/C13H19N5O2/c1-2-15-11-8-14-7-10(18-11)13(20)17-6-5-16-12(19)9-3-4-9/h7-9H,2-6H2,1H3,(H,15,18)(H,16,19)(H,17,20). The van der Waals surface area contributed by atoms with Gasteiger partial charge in [-0.3, -0.25) is 14.6 Å². The maximum Gasteiger partial charge on any atom is 0.271 e. The average Bonchev–Trinajstić information content (AvgIpc) is 3.28. The highest BCUT2D eigenvalue weighted by Crippen LogP contribution is 2.28. The first-order valence-corrected chi connectivity index (χ1v) is 6.82. The topological polar surface area (TPSA) is 96.0 Å². The van der Waals surface area contributed by atoms with E-state index in [1.54, 1.807) is 6.20 Å². The number of nitrogens with one attached hydrogen (secondary N) is 3. The molecular formula is C13H19N5O2. The lowest BCUT2D eigenvalue weighted by Crippen LogP contribution is -2.35. The van der Waals surface area contributed by atoms with E-state index in [4.69, 9.17) is 0 Å². The van der Waals surface area contributed by atoms with Crippen molar-refractivity contribution in [2.24, 2.45) is 5.92 Å². The van der Waals surface area contributed by atoms with Crippen LogP contribution in [0.25, 0.3) is 0 Å². The van der Waals surface area contributed by atoms with Crippen molar-refractivity contribution in [3.05, 3.63) is 18.1 Å². The molecule has 0 aromatic carbocycles. The summed E-state index contributed by atoms with van der Waals surface area (Å²) in [6.07, 6.45) is 4.94. The van der Waals surface area contributed by atoms with E-state index in [0.29, 0.717) is 25.5 Å². The van der Waals surface area contributed by atoms with Gasteiger partial charge in [0.1, 0.15) is 11.5 Å². The molecule has 3 N–H and O–H groups in total. The van der Waals surface area contributed by atoms with Crippen LogP contribution in [0.4, 0.5) is 5.82 Å². The first kappa shape index (κ1) is 14.2. The Labute approximate surface area is 117 Å². The fourth-order valence-corrected chi connectivity index (χ4v) is 1.68. The van der Waals surface area contributed by atoms with E-state index < -0.39 is 0 Å². The van der Waals surface area contributed by atoms with Gasteiger partial charge in [0.2, 0.25) is 5.91 Å². The molecule has 1 aliphatic carbocycles. The fraction of sp³-hybridized carbons (Fsp3) is 0.538. The molecule has 0 radical (unpaired) electrons. The van der Waals surface area contributed by atoms with Crippen LogP contribution in [0, 0.1) is 5.92 Å². The molecular weight excluding hydrogens is 258 g/mol. The molecule has 1 saturated carbocycles. The van der Waals surface area contributed by atoms with E-state index in [1.165, 1.54) is 6.20 Å². The Bertz CT molecular complexity index is 487. The number of carbonyl (C=O) groups is 2. The molecule has 0 bridgehead atoms. The summed E-state index contributed by atoms with van der Waals surface area (Å²) < 4.78 is 0. The number of hydrogen-bond donors (Lipinski definition) is 3. The first-order valence-electron chi connectivity index (χ1n) is 6.82. The van der Waals surface area contributed by atoms with Crippen molar-refractivity contribution in [3.63, 3.8) is 0 Å². The summed E-state index contributed by atoms with van der Waals surface area (Å²) in [5.74, 6) is 0.543. The summed E-state index contributed by atoms with van der Waals surface area (Å²) in [6.45, 7) is 3.47. The van der Waals surface area contributed by atoms with Crippen LogP contribution < -0.4 is 16.0 Å². The van der Waals surface area contributed by atoms with Crippen molar-refractivity contribution < 1.29 is 9.59 Å². The monoisotopic (exact) mass is 277 g/mol. The molecule has 7 heteroatoms. The fourth-order valence-electron chi connectivity index (χ4n) is 1.68. The quantitative estimate of drug-likeness (QED) is 0.617. The molecule has 7 nitrogen and oxygen atoms in total. The van der Waals surface area contributed by atoms with Gasteiger partial charge in [-0.25, -0.2) is 4.98 Å². The van der Waals surface area contributed by atoms with E-state index in [1.807, 2.05) is 6.92 Å². The van der Waals surface area contributed by atoms with Crippen molar-refractivity contribution in [2.45, 2.75) is 19.8 Å². The molecule has 2 rings (SSSR count). The van der Waals surface area contributed by atoms with Gasteiger partial charge in [0.15, 0.2) is 0 Å². The Balaban J connectivity index is 1.73. The van der Waals surface area contributed by atoms with Crippen molar-refractivity contribution in [3.8, 4) is 0 Å². The van der Waals surface area contributed by atoms with Crippen LogP contribution in [0.1, 0.15) is 30.3 Å². The third-order valence-electron chi connectivity index (χ3n) is 2.88. The average molecular weight is 277 g/mol. The summed E-state index contributed by atoms with van der Waals surface area (Å²) in [6, 6.07) is 0. The minimum atomic E-state index is -0.294. The predicted octanol–water partition coefficient (Wildman–Crippen LogP) is 0.164. The molecule has 1 aromatic rings. The van der Waals surface area contributed by atoms with E-state index in [9.17, 15) is 9.59 Å². The highest BCUT2D eigenvalue weighted by molar-refractivity contribution is 5.92. The van der Waals surface area contributed by atoms with Crippen molar-refractivity contribution >= 4 is 17.6 Å². The zero-order chi connectivity index (χ0) is 14.4. The zero-order valence-corrected chi connectivity index (χ0v) is 11.5. The normalized spacial score (nSPS) is 13.7. The summed E-state index contributed by atoms with van der Waals surface area (Å²) in [5.41, 5.74) is 0.261. The Morgan fingerprint density at radius 2 is 2.00 bits per heavy atom. The van der Waals surface area contributed by atoms with Gasteiger partial charge in [-0.15, -0.1) is 0 Å². The van der Waals surface area contributed by atoms with Crippen LogP contribution in [0.15, 0.2) is 12.4 Å². The Morgan fingerprint density at radius 3 is 2.70 bits per heavy atom. The van der Waals surface area contributed by atoms with Gasteiger partial charge < -0.3 is 16.0 Å². The van der Waals surface area contributed by atoms with Crippen LogP contribution in [-0.2, 0) is 4.79 Å². The minimum Gasteiger partial charge on any atom is -0.369 e. The highest BCUT2D eigenvalue weighted by atomic mass is 16.2. The first-order chi connectivity index (χ1) is 9.70. The van der Waals surface area contributed by atoms with Gasteiger partial charge in [0, 0.05) is 25.6 Å². The number of rotatable bonds is 7. The second-order valence-corrected chi connectivity index (χ2v) is 4.64. The van der Waals surface area contributed by atoms with Crippen LogP contribution in [0.3, 0.4) is 0 Å². The molecule has 0 aliphatic heterocycles. The smallest absolute Gasteiger partial charge is 0.271 e. The van der Waals surface area contributed by atoms with Crippen LogP contribution in [0.5, 0.6) is 0 Å². The molecule has 1 aliphatic rings. The Kier molecular flexibility index (Phi) is 4.86. The summed E-state index contributed by atoms with van der Waals surface area (Å²) in [4.78, 5) is 31.3. The van der Waals surface area contributed by atoms with Crippen molar-refractivity contribution in [2.75, 3.05) is 25.0 Å². The van der Waals surface area contributed by atoms with Crippen LogP contribution >= 0.6 is 0 Å². The highest BCUT2D eigenvalue weighted by Gasteiger charge is 2.28. The minimum absolute atomic E-state index is 0.0770. The summed E-state index contributed by atoms with van der Waals surface area (Å²) in [5, 5.41) is 8.47. The van der Waals surface area contributed by atoms with E-state index in [0.717, 1.165) is 12.8 Å². The third kappa shape index (κ3) is 4.18. The molecule has 2 amide bonds. The SMILES string of the molecule is CCNc1cncc(C(=O)NCCNC(=O)C2CC2)n1. The Hall–Kier alpha value is -2.18. The second kappa shape index (κ2) is 6.83. The predicted molar refractivity (Wildman–Crippen MR) is 74.3 cm³/mol. The second-order valence-electron chi connectivity index (χ2n) is 4.64. The van der Waals surface area contributed by atoms with E-state index in [2.05, 4.69) is 25.9 Å². The lowest BCUT2D eigenvalue weighted by molar-refractivity contribution is -0.122. The number of aromatic nitrogens is 2. The van der Waals surface area contributed by atoms with Gasteiger partial charge >= 0.3 is 0 Å². The van der Waals surface area contributed by atoms with Crippen LogP contribution in [-0.4, -0.2) is 41.4 Å². The number of anilines is 1. The molecule has 20 heavy (non-hydrogen) atoms. The summed E-state index contributed by atoms with van der Waals surface area (Å²) >= 11 is 0. The molecule has 0 atom stereocenters. The van der Waals surface area contributed by atoms with Crippen molar-refractivity contribution in [1.82, 2.24) is 20.6 Å². The Morgan fingerprint density at radius 1 is 1.25 bits per heavy atom. The number of nitrogens with zero attached hydrogens (tertiary/aromatic N) is 2. The van der Waals surface area contributed by atoms with Gasteiger partial charge in [-0.1, -0.05) is 0 Å². The van der Waals surface area contributed by atoms with Gasteiger partial charge in [0.05, 0.1) is 12.4 Å². The van der Waals surface area contributed by atoms with Crippen LogP contribution in [0.2, 0.25) is 0 Å². The number of hydrogen-bond acceptors (Lipinski definition) is 5. The molecule has 0 saturated heterocycles. The summed E-state index contributed by atoms with van der Waals surface area (Å²) in [7, 11) is 0. The number of carbonyl (C=O) groups excluding carboxylic acids is 2. The van der Waals surface area contributed by atoms with E-state index in [-0.39, 0.29) is 23.4 Å². The van der Waals surface area contributed by atoms with Gasteiger partial charge in [-0.2, -0.15) is 0 Å². The van der Waals surface area contributed by atoms with E-state index >= 15 is 0 Å². The molecule has 0 unspecified atom stereocenters. The van der Waals surface area contributed by atoms with Gasteiger partial charge in [0.25, 0.3) is 5.91 Å². The van der Waals surface area contributed by atoms with Crippen molar-refractivity contribution in [1.29, 1.82) is 0 Å².